The summed E-state index contributed by atoms with van der Waals surface area (Å²) >= 11 is 0. The number of Topliss-reactive ketones (excluding diaryl/α,β-unsaturated/α-hetero) is 2. The first-order valence-electron chi connectivity index (χ1n) is 6.35. The summed E-state index contributed by atoms with van der Waals surface area (Å²) in [7, 11) is 0. The molecule has 0 aliphatic heterocycles. The molecule has 0 bridgehead atoms. The molecule has 2 unspecified atom stereocenters. The van der Waals surface area contributed by atoms with Gasteiger partial charge in [0.15, 0.2) is 5.78 Å². The Balaban J connectivity index is 2.17. The van der Waals surface area contributed by atoms with E-state index in [1.807, 2.05) is 55.5 Å². The van der Waals surface area contributed by atoms with Crippen LogP contribution < -0.4 is 0 Å². The van der Waals surface area contributed by atoms with Crippen LogP contribution in [-0.2, 0) is 9.59 Å². The molecule has 0 heterocycles. The topological polar surface area (TPSA) is 34.1 Å². The monoisotopic (exact) mass is 242 g/mol. The second-order valence-electron chi connectivity index (χ2n) is 4.99. The van der Waals surface area contributed by atoms with Gasteiger partial charge in [-0.25, -0.2) is 0 Å². The maximum Gasteiger partial charge on any atom is 0.154 e. The van der Waals surface area contributed by atoms with Crippen molar-refractivity contribution in [3.8, 4) is 0 Å². The molecule has 0 saturated heterocycles. The van der Waals surface area contributed by atoms with Gasteiger partial charge in [0.1, 0.15) is 5.78 Å². The Morgan fingerprint density at radius 3 is 1.94 bits per heavy atom. The fourth-order valence-electron chi connectivity index (χ4n) is 2.68. The fourth-order valence-corrected chi connectivity index (χ4v) is 2.68. The summed E-state index contributed by atoms with van der Waals surface area (Å²) in [6, 6.07) is 0. The molecule has 94 valence electrons. The minimum atomic E-state index is -0.514. The Bertz CT molecular complexity index is 441. The molecule has 2 aliphatic carbocycles. The highest BCUT2D eigenvalue weighted by atomic mass is 16.1. The van der Waals surface area contributed by atoms with Crippen molar-refractivity contribution in [1.29, 1.82) is 0 Å². The Morgan fingerprint density at radius 1 is 0.944 bits per heavy atom. The van der Waals surface area contributed by atoms with Crippen LogP contribution in [0.15, 0.2) is 48.6 Å². The lowest BCUT2D eigenvalue weighted by Crippen LogP contribution is -2.34. The summed E-state index contributed by atoms with van der Waals surface area (Å²) in [6.07, 6.45) is 15.5. The minimum absolute atomic E-state index is 0.0207. The molecule has 0 aromatic rings. The van der Waals surface area contributed by atoms with Crippen LogP contribution in [0.4, 0.5) is 0 Å². The Labute approximate surface area is 108 Å². The molecular formula is C16H18O2. The van der Waals surface area contributed by atoms with Gasteiger partial charge in [-0.2, -0.15) is 0 Å². The predicted molar refractivity (Wildman–Crippen MR) is 71.9 cm³/mol. The first kappa shape index (κ1) is 12.7. The van der Waals surface area contributed by atoms with Crippen molar-refractivity contribution >= 4 is 11.6 Å². The van der Waals surface area contributed by atoms with Crippen molar-refractivity contribution in [2.45, 2.75) is 13.8 Å². The molecule has 18 heavy (non-hydrogen) atoms. The standard InChI is InChI=1S/C16H18O2/c1-11(13-7-3-4-8-13)15(12(2)17)16(18)14-9-5-6-10-14/h3-11,13-15H,1-2H3. The third-order valence-corrected chi connectivity index (χ3v) is 3.73. The third kappa shape index (κ3) is 2.42. The number of carbonyl (C=O) groups excluding carboxylic acids is 2. The zero-order valence-electron chi connectivity index (χ0n) is 10.7. The van der Waals surface area contributed by atoms with Crippen LogP contribution in [0.3, 0.4) is 0 Å². The largest absolute Gasteiger partial charge is 0.299 e. The van der Waals surface area contributed by atoms with E-state index >= 15 is 0 Å². The van der Waals surface area contributed by atoms with Crippen molar-refractivity contribution in [1.82, 2.24) is 0 Å². The van der Waals surface area contributed by atoms with Gasteiger partial charge in [-0.3, -0.25) is 9.59 Å². The summed E-state index contributed by atoms with van der Waals surface area (Å²) in [5.41, 5.74) is 0. The quantitative estimate of drug-likeness (QED) is 0.695. The highest BCUT2D eigenvalue weighted by molar-refractivity contribution is 6.04. The third-order valence-electron chi connectivity index (χ3n) is 3.73. The molecule has 0 aromatic heterocycles. The molecule has 2 rings (SSSR count). The number of hydrogen-bond acceptors (Lipinski definition) is 2. The van der Waals surface area contributed by atoms with E-state index in [1.54, 1.807) is 0 Å². The lowest BCUT2D eigenvalue weighted by Gasteiger charge is -2.25. The zero-order chi connectivity index (χ0) is 13.1. The summed E-state index contributed by atoms with van der Waals surface area (Å²) in [4.78, 5) is 24.2. The van der Waals surface area contributed by atoms with E-state index in [0.717, 1.165) is 0 Å². The van der Waals surface area contributed by atoms with Gasteiger partial charge in [-0.15, -0.1) is 0 Å². The molecule has 0 fully saturated rings. The average Bonchev–Trinajstić information content (AvgIpc) is 3.02. The zero-order valence-corrected chi connectivity index (χ0v) is 10.7. The fraction of sp³-hybridized carbons (Fsp3) is 0.375. The summed E-state index contributed by atoms with van der Waals surface area (Å²) in [5.74, 6) is -0.538. The number of hydrogen-bond donors (Lipinski definition) is 0. The number of ketones is 2. The van der Waals surface area contributed by atoms with Crippen LogP contribution in [0.5, 0.6) is 0 Å². The van der Waals surface area contributed by atoms with E-state index < -0.39 is 5.92 Å². The smallest absolute Gasteiger partial charge is 0.154 e. The highest BCUT2D eigenvalue weighted by Crippen LogP contribution is 2.30. The Morgan fingerprint density at radius 2 is 1.44 bits per heavy atom. The number of rotatable bonds is 5. The summed E-state index contributed by atoms with van der Waals surface area (Å²) < 4.78 is 0. The average molecular weight is 242 g/mol. The van der Waals surface area contributed by atoms with E-state index in [4.69, 9.17) is 0 Å². The van der Waals surface area contributed by atoms with E-state index in [0.29, 0.717) is 0 Å². The highest BCUT2D eigenvalue weighted by Gasteiger charge is 2.35. The van der Waals surface area contributed by atoms with Crippen LogP contribution >= 0.6 is 0 Å². The van der Waals surface area contributed by atoms with Gasteiger partial charge in [0.25, 0.3) is 0 Å². The van der Waals surface area contributed by atoms with E-state index in [2.05, 4.69) is 0 Å². The molecule has 2 atom stereocenters. The van der Waals surface area contributed by atoms with E-state index in [9.17, 15) is 9.59 Å². The maximum absolute atomic E-state index is 12.4. The molecule has 0 amide bonds. The molecular weight excluding hydrogens is 224 g/mol. The molecule has 0 radical (unpaired) electrons. The summed E-state index contributed by atoms with van der Waals surface area (Å²) in [6.45, 7) is 3.50. The first-order valence-corrected chi connectivity index (χ1v) is 6.35. The van der Waals surface area contributed by atoms with Gasteiger partial charge in [-0.05, 0) is 18.8 Å². The van der Waals surface area contributed by atoms with E-state index in [-0.39, 0.29) is 29.3 Å². The molecule has 0 N–H and O–H groups in total. The predicted octanol–water partition coefficient (Wildman–Crippen LogP) is 2.88. The second kappa shape index (κ2) is 5.30. The van der Waals surface area contributed by atoms with Gasteiger partial charge in [0.2, 0.25) is 0 Å². The second-order valence-corrected chi connectivity index (χ2v) is 4.99. The maximum atomic E-state index is 12.4. The van der Waals surface area contributed by atoms with Crippen molar-refractivity contribution < 1.29 is 9.59 Å². The van der Waals surface area contributed by atoms with Crippen LogP contribution in [-0.4, -0.2) is 11.6 Å². The van der Waals surface area contributed by atoms with Gasteiger partial charge in [-0.1, -0.05) is 55.5 Å². The molecule has 0 saturated carbocycles. The van der Waals surface area contributed by atoms with Gasteiger partial charge < -0.3 is 0 Å². The van der Waals surface area contributed by atoms with Crippen molar-refractivity contribution in [2.24, 2.45) is 23.7 Å². The SMILES string of the molecule is CC(=O)C(C(=O)C1C=CC=C1)C(C)C1C=CC=C1. The number of carbonyl (C=O) groups is 2. The lowest BCUT2D eigenvalue weighted by atomic mass is 9.76. The lowest BCUT2D eigenvalue weighted by molar-refractivity contribution is -0.134. The van der Waals surface area contributed by atoms with Crippen LogP contribution in [0.1, 0.15) is 13.8 Å². The van der Waals surface area contributed by atoms with Crippen molar-refractivity contribution in [3.05, 3.63) is 48.6 Å². The molecule has 0 spiro atoms. The Hall–Kier alpha value is -1.70. The van der Waals surface area contributed by atoms with Crippen LogP contribution in [0, 0.1) is 23.7 Å². The first-order chi connectivity index (χ1) is 8.61. The van der Waals surface area contributed by atoms with Crippen molar-refractivity contribution in [2.75, 3.05) is 0 Å². The van der Waals surface area contributed by atoms with Crippen LogP contribution in [0.2, 0.25) is 0 Å². The number of allylic oxidation sites excluding steroid dienone is 8. The molecule has 2 nitrogen and oxygen atoms in total. The van der Waals surface area contributed by atoms with Crippen molar-refractivity contribution in [3.63, 3.8) is 0 Å². The molecule has 2 heteroatoms. The van der Waals surface area contributed by atoms with E-state index in [1.165, 1.54) is 6.92 Å². The van der Waals surface area contributed by atoms with Gasteiger partial charge in [0.05, 0.1) is 11.8 Å². The van der Waals surface area contributed by atoms with Crippen LogP contribution in [0.25, 0.3) is 0 Å². The van der Waals surface area contributed by atoms with Gasteiger partial charge in [0, 0.05) is 0 Å². The normalized spacial score (nSPS) is 21.7. The molecule has 2 aliphatic rings. The Kier molecular flexibility index (Phi) is 3.75. The molecule has 0 aromatic carbocycles. The summed E-state index contributed by atoms with van der Waals surface area (Å²) in [5, 5.41) is 0. The van der Waals surface area contributed by atoms with Gasteiger partial charge >= 0.3 is 0 Å². The minimum Gasteiger partial charge on any atom is -0.299 e.